The lowest BCUT2D eigenvalue weighted by atomic mass is 10.1. The number of amides is 1. The van der Waals surface area contributed by atoms with E-state index in [-0.39, 0.29) is 11.2 Å². The molecule has 2 aromatic carbocycles. The van der Waals surface area contributed by atoms with Crippen molar-refractivity contribution in [2.24, 2.45) is 0 Å². The molecule has 0 bridgehead atoms. The lowest BCUT2D eigenvalue weighted by molar-refractivity contribution is -0.115. The molecule has 1 N–H and O–H groups in total. The van der Waals surface area contributed by atoms with E-state index in [0.29, 0.717) is 5.02 Å². The van der Waals surface area contributed by atoms with Crippen LogP contribution < -0.4 is 5.32 Å². The average Bonchev–Trinajstić information content (AvgIpc) is 2.50. The highest BCUT2D eigenvalue weighted by Crippen LogP contribution is 2.28. The molecule has 0 aliphatic rings. The van der Waals surface area contributed by atoms with E-state index in [1.54, 1.807) is 11.8 Å². The smallest absolute Gasteiger partial charge is 0.237 e. The molecule has 1 amide bonds. The maximum atomic E-state index is 12.6. The first-order valence-electron chi connectivity index (χ1n) is 7.30. The summed E-state index contributed by atoms with van der Waals surface area (Å²) in [6, 6.07) is 13.6. The molecule has 2 aromatic rings. The zero-order valence-corrected chi connectivity index (χ0v) is 14.6. The molecule has 2 rings (SSSR count). The lowest BCUT2D eigenvalue weighted by Crippen LogP contribution is -2.25. The topological polar surface area (TPSA) is 29.1 Å². The van der Waals surface area contributed by atoms with Crippen molar-refractivity contribution in [3.05, 3.63) is 58.6 Å². The van der Waals surface area contributed by atoms with Gasteiger partial charge in [-0.1, -0.05) is 36.7 Å². The Morgan fingerprint density at radius 3 is 2.27 bits per heavy atom. The SMILES string of the molecule is CCC(Sc1ccc(Cl)cc1)C(=O)Nc1c(C)cccc1C. The van der Waals surface area contributed by atoms with Crippen molar-refractivity contribution < 1.29 is 4.79 Å². The van der Waals surface area contributed by atoms with E-state index in [9.17, 15) is 4.79 Å². The first-order chi connectivity index (χ1) is 10.5. The number of halogens is 1. The van der Waals surface area contributed by atoms with Gasteiger partial charge in [-0.3, -0.25) is 4.79 Å². The number of carbonyl (C=O) groups is 1. The number of hydrogen-bond acceptors (Lipinski definition) is 2. The van der Waals surface area contributed by atoms with Gasteiger partial charge in [-0.2, -0.15) is 0 Å². The molecule has 0 spiro atoms. The van der Waals surface area contributed by atoms with Gasteiger partial charge in [-0.05, 0) is 55.7 Å². The normalized spacial score (nSPS) is 12.0. The van der Waals surface area contributed by atoms with Gasteiger partial charge in [0.15, 0.2) is 0 Å². The lowest BCUT2D eigenvalue weighted by Gasteiger charge is -2.17. The van der Waals surface area contributed by atoms with Crippen LogP contribution in [0.1, 0.15) is 24.5 Å². The van der Waals surface area contributed by atoms with Crippen molar-refractivity contribution in [2.45, 2.75) is 37.3 Å². The van der Waals surface area contributed by atoms with Crippen molar-refractivity contribution >= 4 is 35.0 Å². The Labute approximate surface area is 141 Å². The first-order valence-corrected chi connectivity index (χ1v) is 8.56. The van der Waals surface area contributed by atoms with Gasteiger partial charge < -0.3 is 5.32 Å². The Kier molecular flexibility index (Phi) is 5.92. The highest BCUT2D eigenvalue weighted by Gasteiger charge is 2.19. The van der Waals surface area contributed by atoms with Gasteiger partial charge in [-0.25, -0.2) is 0 Å². The molecule has 0 fully saturated rings. The Morgan fingerprint density at radius 1 is 1.14 bits per heavy atom. The van der Waals surface area contributed by atoms with Crippen molar-refractivity contribution in [1.29, 1.82) is 0 Å². The van der Waals surface area contributed by atoms with Crippen LogP contribution in [0, 0.1) is 13.8 Å². The molecule has 0 aliphatic heterocycles. The molecular formula is C18H20ClNOS. The molecular weight excluding hydrogens is 314 g/mol. The summed E-state index contributed by atoms with van der Waals surface area (Å²) in [7, 11) is 0. The Morgan fingerprint density at radius 2 is 1.73 bits per heavy atom. The molecule has 1 unspecified atom stereocenters. The standard InChI is InChI=1S/C18H20ClNOS/c1-4-16(22-15-10-8-14(19)9-11-15)18(21)20-17-12(2)6-5-7-13(17)3/h5-11,16H,4H2,1-3H3,(H,20,21). The summed E-state index contributed by atoms with van der Waals surface area (Å²) in [5.74, 6) is 0.0415. The van der Waals surface area contributed by atoms with E-state index >= 15 is 0 Å². The van der Waals surface area contributed by atoms with Gasteiger partial charge in [0, 0.05) is 15.6 Å². The third kappa shape index (κ3) is 4.28. The minimum atomic E-state index is -0.125. The second-order valence-electron chi connectivity index (χ2n) is 5.22. The summed E-state index contributed by atoms with van der Waals surface area (Å²) < 4.78 is 0. The van der Waals surface area contributed by atoms with Gasteiger partial charge in [0.2, 0.25) is 5.91 Å². The molecule has 0 saturated heterocycles. The van der Waals surface area contributed by atoms with E-state index in [1.165, 1.54) is 0 Å². The highest BCUT2D eigenvalue weighted by molar-refractivity contribution is 8.00. The molecule has 0 heterocycles. The van der Waals surface area contributed by atoms with Gasteiger partial charge in [0.05, 0.1) is 5.25 Å². The van der Waals surface area contributed by atoms with Gasteiger partial charge in [0.25, 0.3) is 0 Å². The van der Waals surface area contributed by atoms with E-state index in [4.69, 9.17) is 11.6 Å². The maximum absolute atomic E-state index is 12.6. The van der Waals surface area contributed by atoms with Crippen molar-refractivity contribution in [2.75, 3.05) is 5.32 Å². The number of rotatable bonds is 5. The second-order valence-corrected chi connectivity index (χ2v) is 6.94. The quantitative estimate of drug-likeness (QED) is 0.735. The fraction of sp³-hybridized carbons (Fsp3) is 0.278. The molecule has 22 heavy (non-hydrogen) atoms. The molecule has 1 atom stereocenters. The molecule has 0 aliphatic carbocycles. The number of anilines is 1. The molecule has 2 nitrogen and oxygen atoms in total. The fourth-order valence-corrected chi connectivity index (χ4v) is 3.30. The van der Waals surface area contributed by atoms with Gasteiger partial charge in [-0.15, -0.1) is 11.8 Å². The molecule has 116 valence electrons. The third-order valence-electron chi connectivity index (χ3n) is 3.48. The largest absolute Gasteiger partial charge is 0.325 e. The summed E-state index contributed by atoms with van der Waals surface area (Å²) in [5.41, 5.74) is 3.09. The zero-order valence-electron chi connectivity index (χ0n) is 13.0. The van der Waals surface area contributed by atoms with E-state index in [1.807, 2.05) is 63.2 Å². The minimum absolute atomic E-state index is 0.0415. The summed E-state index contributed by atoms with van der Waals surface area (Å²) in [6.07, 6.45) is 0.768. The molecule has 4 heteroatoms. The minimum Gasteiger partial charge on any atom is -0.325 e. The van der Waals surface area contributed by atoms with E-state index in [2.05, 4.69) is 5.32 Å². The highest BCUT2D eigenvalue weighted by atomic mass is 35.5. The predicted molar refractivity (Wildman–Crippen MR) is 95.9 cm³/mol. The van der Waals surface area contributed by atoms with Crippen LogP contribution in [0.15, 0.2) is 47.4 Å². The summed E-state index contributed by atoms with van der Waals surface area (Å²) in [4.78, 5) is 13.6. The monoisotopic (exact) mass is 333 g/mol. The van der Waals surface area contributed by atoms with Crippen molar-refractivity contribution in [3.8, 4) is 0 Å². The average molecular weight is 334 g/mol. The van der Waals surface area contributed by atoms with Crippen molar-refractivity contribution in [3.63, 3.8) is 0 Å². The van der Waals surface area contributed by atoms with E-state index < -0.39 is 0 Å². The Hall–Kier alpha value is -1.45. The number of benzene rings is 2. The molecule has 0 saturated carbocycles. The summed E-state index contributed by atoms with van der Waals surface area (Å²) in [6.45, 7) is 6.05. The third-order valence-corrected chi connectivity index (χ3v) is 5.11. The molecule has 0 radical (unpaired) electrons. The number of aryl methyl sites for hydroxylation is 2. The first kappa shape index (κ1) is 16.9. The van der Waals surface area contributed by atoms with Crippen LogP contribution in [0.3, 0.4) is 0 Å². The van der Waals surface area contributed by atoms with Crippen LogP contribution in [0.25, 0.3) is 0 Å². The van der Waals surface area contributed by atoms with Gasteiger partial charge in [0.1, 0.15) is 0 Å². The Balaban J connectivity index is 2.10. The fourth-order valence-electron chi connectivity index (χ4n) is 2.21. The number of para-hydroxylation sites is 1. The van der Waals surface area contributed by atoms with Crippen LogP contribution in [-0.4, -0.2) is 11.2 Å². The maximum Gasteiger partial charge on any atom is 0.237 e. The van der Waals surface area contributed by atoms with Crippen LogP contribution in [-0.2, 0) is 4.79 Å². The summed E-state index contributed by atoms with van der Waals surface area (Å²) >= 11 is 7.46. The second kappa shape index (κ2) is 7.70. The number of hydrogen-bond donors (Lipinski definition) is 1. The predicted octanol–water partition coefficient (Wildman–Crippen LogP) is 5.47. The molecule has 0 aromatic heterocycles. The van der Waals surface area contributed by atoms with Crippen LogP contribution in [0.2, 0.25) is 5.02 Å². The Bertz CT molecular complexity index is 634. The van der Waals surface area contributed by atoms with Gasteiger partial charge >= 0.3 is 0 Å². The number of thioether (sulfide) groups is 1. The van der Waals surface area contributed by atoms with E-state index in [0.717, 1.165) is 28.1 Å². The summed E-state index contributed by atoms with van der Waals surface area (Å²) in [5, 5.41) is 3.66. The van der Waals surface area contributed by atoms with Crippen LogP contribution in [0.5, 0.6) is 0 Å². The van der Waals surface area contributed by atoms with Crippen LogP contribution >= 0.6 is 23.4 Å². The zero-order chi connectivity index (χ0) is 16.1. The number of carbonyl (C=O) groups excluding carboxylic acids is 1. The number of nitrogens with one attached hydrogen (secondary N) is 1. The van der Waals surface area contributed by atoms with Crippen molar-refractivity contribution in [1.82, 2.24) is 0 Å². The van der Waals surface area contributed by atoms with Crippen LogP contribution in [0.4, 0.5) is 5.69 Å².